The van der Waals surface area contributed by atoms with E-state index in [2.05, 4.69) is 21.4 Å². The van der Waals surface area contributed by atoms with Crippen molar-refractivity contribution >= 4 is 29.1 Å². The predicted octanol–water partition coefficient (Wildman–Crippen LogP) is 3.07. The van der Waals surface area contributed by atoms with Gasteiger partial charge in [-0.15, -0.1) is 0 Å². The average molecular weight is 249 g/mol. The van der Waals surface area contributed by atoms with Gasteiger partial charge in [0.2, 0.25) is 5.95 Å². The second-order valence-electron chi connectivity index (χ2n) is 3.86. The van der Waals surface area contributed by atoms with Crippen LogP contribution in [0.3, 0.4) is 0 Å². The van der Waals surface area contributed by atoms with Crippen LogP contribution in [0.15, 0.2) is 24.4 Å². The van der Waals surface area contributed by atoms with Crippen LogP contribution >= 0.6 is 11.6 Å². The highest BCUT2D eigenvalue weighted by molar-refractivity contribution is 6.33. The number of aromatic nitrogens is 2. The Morgan fingerprint density at radius 2 is 2.06 bits per heavy atom. The summed E-state index contributed by atoms with van der Waals surface area (Å²) in [5.74, 6) is 0.863. The topological polar surface area (TPSA) is 63.8 Å². The lowest BCUT2D eigenvalue weighted by molar-refractivity contribution is 1.18. The molecule has 0 saturated heterocycles. The molecule has 1 aromatic carbocycles. The molecule has 0 unspecified atom stereocenters. The van der Waals surface area contributed by atoms with Crippen LogP contribution in [-0.4, -0.2) is 9.97 Å². The summed E-state index contributed by atoms with van der Waals surface area (Å²) in [7, 11) is 0. The fourth-order valence-electron chi connectivity index (χ4n) is 1.65. The van der Waals surface area contributed by atoms with Crippen molar-refractivity contribution in [3.05, 3.63) is 40.5 Å². The minimum absolute atomic E-state index is 0.232. The highest BCUT2D eigenvalue weighted by atomic mass is 35.5. The van der Waals surface area contributed by atoms with Crippen LogP contribution in [0.4, 0.5) is 17.5 Å². The summed E-state index contributed by atoms with van der Waals surface area (Å²) >= 11 is 6.19. The Morgan fingerprint density at radius 1 is 1.29 bits per heavy atom. The molecular weight excluding hydrogens is 236 g/mol. The van der Waals surface area contributed by atoms with E-state index in [4.69, 9.17) is 17.3 Å². The number of anilines is 3. The molecule has 2 rings (SSSR count). The molecule has 0 atom stereocenters. The van der Waals surface area contributed by atoms with E-state index in [-0.39, 0.29) is 5.95 Å². The second kappa shape index (κ2) is 4.59. The summed E-state index contributed by atoms with van der Waals surface area (Å²) < 4.78 is 0. The van der Waals surface area contributed by atoms with Crippen LogP contribution in [0.25, 0.3) is 0 Å². The first-order chi connectivity index (χ1) is 8.06. The van der Waals surface area contributed by atoms with E-state index in [0.717, 1.165) is 16.8 Å². The van der Waals surface area contributed by atoms with Crippen molar-refractivity contribution in [1.82, 2.24) is 9.97 Å². The average Bonchev–Trinajstić information content (AvgIpc) is 2.23. The lowest BCUT2D eigenvalue weighted by Gasteiger charge is -2.11. The molecule has 4 nitrogen and oxygen atoms in total. The maximum absolute atomic E-state index is 6.19. The molecule has 5 heteroatoms. The molecule has 0 spiro atoms. The molecule has 0 saturated carbocycles. The van der Waals surface area contributed by atoms with E-state index in [9.17, 15) is 0 Å². The van der Waals surface area contributed by atoms with Crippen molar-refractivity contribution in [2.75, 3.05) is 11.1 Å². The minimum Gasteiger partial charge on any atom is -0.368 e. The highest BCUT2D eigenvalue weighted by Gasteiger charge is 2.06. The molecule has 1 heterocycles. The van der Waals surface area contributed by atoms with Gasteiger partial charge in [0, 0.05) is 6.20 Å². The summed E-state index contributed by atoms with van der Waals surface area (Å²) in [6.45, 7) is 4.00. The zero-order valence-corrected chi connectivity index (χ0v) is 10.4. The SMILES string of the molecule is Cc1cc(C)c(Nc2ccnc(N)n2)c(Cl)c1. The van der Waals surface area contributed by atoms with Gasteiger partial charge in [-0.2, -0.15) is 4.98 Å². The maximum Gasteiger partial charge on any atom is 0.221 e. The van der Waals surface area contributed by atoms with Gasteiger partial charge >= 0.3 is 0 Å². The Morgan fingerprint density at radius 3 is 2.71 bits per heavy atom. The number of nitrogens with zero attached hydrogens (tertiary/aromatic N) is 2. The number of hydrogen-bond acceptors (Lipinski definition) is 4. The van der Waals surface area contributed by atoms with Crippen molar-refractivity contribution in [3.8, 4) is 0 Å². The molecule has 2 aromatic rings. The van der Waals surface area contributed by atoms with Gasteiger partial charge in [0.25, 0.3) is 0 Å². The third kappa shape index (κ3) is 2.65. The van der Waals surface area contributed by atoms with E-state index in [1.165, 1.54) is 0 Å². The third-order valence-corrected chi connectivity index (χ3v) is 2.66. The molecular formula is C12H13ClN4. The number of hydrogen-bond donors (Lipinski definition) is 2. The molecule has 0 bridgehead atoms. The van der Waals surface area contributed by atoms with Crippen LogP contribution in [0.1, 0.15) is 11.1 Å². The van der Waals surface area contributed by atoms with E-state index in [1.807, 2.05) is 19.9 Å². The van der Waals surface area contributed by atoms with Crippen molar-refractivity contribution in [2.45, 2.75) is 13.8 Å². The van der Waals surface area contributed by atoms with Gasteiger partial charge < -0.3 is 11.1 Å². The largest absolute Gasteiger partial charge is 0.368 e. The fourth-order valence-corrected chi connectivity index (χ4v) is 2.01. The quantitative estimate of drug-likeness (QED) is 0.857. The Balaban J connectivity index is 2.36. The molecule has 0 radical (unpaired) electrons. The van der Waals surface area contributed by atoms with Gasteiger partial charge in [-0.25, -0.2) is 4.98 Å². The van der Waals surface area contributed by atoms with Gasteiger partial charge in [0.1, 0.15) is 5.82 Å². The van der Waals surface area contributed by atoms with Gasteiger partial charge in [-0.3, -0.25) is 0 Å². The van der Waals surface area contributed by atoms with Crippen LogP contribution in [-0.2, 0) is 0 Å². The minimum atomic E-state index is 0.232. The van der Waals surface area contributed by atoms with Crippen molar-refractivity contribution in [2.24, 2.45) is 0 Å². The van der Waals surface area contributed by atoms with Crippen LogP contribution in [0, 0.1) is 13.8 Å². The van der Waals surface area contributed by atoms with Crippen LogP contribution in [0.2, 0.25) is 5.02 Å². The normalized spacial score (nSPS) is 10.3. The lowest BCUT2D eigenvalue weighted by Crippen LogP contribution is -2.00. The van der Waals surface area contributed by atoms with Crippen LogP contribution < -0.4 is 11.1 Å². The predicted molar refractivity (Wildman–Crippen MR) is 70.7 cm³/mol. The molecule has 0 amide bonds. The molecule has 3 N–H and O–H groups in total. The Bertz CT molecular complexity index is 531. The number of halogens is 1. The van der Waals surface area contributed by atoms with Gasteiger partial charge in [-0.05, 0) is 37.1 Å². The Hall–Kier alpha value is -1.81. The molecule has 1 aromatic heterocycles. The number of rotatable bonds is 2. The first-order valence-electron chi connectivity index (χ1n) is 5.18. The molecule has 0 aliphatic rings. The summed E-state index contributed by atoms with van der Waals surface area (Å²) in [5.41, 5.74) is 8.55. The van der Waals surface area contributed by atoms with E-state index < -0.39 is 0 Å². The number of nitrogens with two attached hydrogens (primary N) is 1. The Kier molecular flexibility index (Phi) is 3.15. The van der Waals surface area contributed by atoms with Crippen LogP contribution in [0.5, 0.6) is 0 Å². The van der Waals surface area contributed by atoms with Gasteiger partial charge in [0.05, 0.1) is 10.7 Å². The number of nitrogens with one attached hydrogen (secondary N) is 1. The molecule has 0 fully saturated rings. The number of aryl methyl sites for hydroxylation is 2. The van der Waals surface area contributed by atoms with Crippen molar-refractivity contribution in [3.63, 3.8) is 0 Å². The zero-order valence-electron chi connectivity index (χ0n) is 9.66. The third-order valence-electron chi connectivity index (χ3n) is 2.36. The lowest BCUT2D eigenvalue weighted by atomic mass is 10.1. The number of nitrogen functional groups attached to an aromatic ring is 1. The molecule has 88 valence electrons. The van der Waals surface area contributed by atoms with Crippen molar-refractivity contribution < 1.29 is 0 Å². The molecule has 17 heavy (non-hydrogen) atoms. The maximum atomic E-state index is 6.19. The standard InChI is InChI=1S/C12H13ClN4/c1-7-5-8(2)11(9(13)6-7)16-10-3-4-15-12(14)17-10/h3-6H,1-2H3,(H3,14,15,16,17). The zero-order chi connectivity index (χ0) is 12.4. The first-order valence-corrected chi connectivity index (χ1v) is 5.56. The van der Waals surface area contributed by atoms with Gasteiger partial charge in [0.15, 0.2) is 0 Å². The monoisotopic (exact) mass is 248 g/mol. The smallest absolute Gasteiger partial charge is 0.221 e. The van der Waals surface area contributed by atoms with E-state index >= 15 is 0 Å². The van der Waals surface area contributed by atoms with E-state index in [0.29, 0.717) is 10.8 Å². The summed E-state index contributed by atoms with van der Waals surface area (Å²) in [4.78, 5) is 7.90. The van der Waals surface area contributed by atoms with Crippen molar-refractivity contribution in [1.29, 1.82) is 0 Å². The highest BCUT2D eigenvalue weighted by Crippen LogP contribution is 2.29. The fraction of sp³-hybridized carbons (Fsp3) is 0.167. The summed E-state index contributed by atoms with van der Waals surface area (Å²) in [5, 5.41) is 3.81. The van der Waals surface area contributed by atoms with E-state index in [1.54, 1.807) is 12.3 Å². The molecule has 0 aliphatic heterocycles. The summed E-state index contributed by atoms with van der Waals surface area (Å²) in [6.07, 6.45) is 1.60. The molecule has 0 aliphatic carbocycles. The first kappa shape index (κ1) is 11.7. The summed E-state index contributed by atoms with van der Waals surface area (Å²) in [6, 6.07) is 5.70. The number of benzene rings is 1. The van der Waals surface area contributed by atoms with Gasteiger partial charge in [-0.1, -0.05) is 17.7 Å². The Labute approximate surface area is 105 Å². The second-order valence-corrected chi connectivity index (χ2v) is 4.27.